The number of nitrogens with one attached hydrogen (secondary N) is 1. The van der Waals surface area contributed by atoms with Gasteiger partial charge in [-0.15, -0.1) is 0 Å². The molecular weight excluding hydrogens is 184 g/mol. The molecule has 0 unspecified atom stereocenters. The van der Waals surface area contributed by atoms with E-state index in [0.29, 0.717) is 12.1 Å². The summed E-state index contributed by atoms with van der Waals surface area (Å²) in [6.45, 7) is 8.83. The third-order valence-electron chi connectivity index (χ3n) is 2.96. The van der Waals surface area contributed by atoms with Gasteiger partial charge in [-0.2, -0.15) is 0 Å². The van der Waals surface area contributed by atoms with Crippen LogP contribution >= 0.6 is 0 Å². The molecule has 0 bridgehead atoms. The molecule has 1 saturated heterocycles. The summed E-state index contributed by atoms with van der Waals surface area (Å²) in [6.07, 6.45) is 0. The number of rotatable bonds is 1. The molecule has 0 aromatic heterocycles. The van der Waals surface area contributed by atoms with Crippen LogP contribution in [0, 0.1) is 6.92 Å². The lowest BCUT2D eigenvalue weighted by Crippen LogP contribution is -2.54. The first kappa shape index (κ1) is 10.5. The summed E-state index contributed by atoms with van der Waals surface area (Å²) < 4.78 is 0. The van der Waals surface area contributed by atoms with E-state index < -0.39 is 0 Å². The Morgan fingerprint density at radius 1 is 1.07 bits per heavy atom. The number of anilines is 1. The highest BCUT2D eigenvalue weighted by Gasteiger charge is 2.20. The van der Waals surface area contributed by atoms with Crippen LogP contribution in [-0.4, -0.2) is 25.2 Å². The summed E-state index contributed by atoms with van der Waals surface area (Å²) >= 11 is 0. The Kier molecular flexibility index (Phi) is 2.96. The molecule has 1 heterocycles. The van der Waals surface area contributed by atoms with Crippen molar-refractivity contribution in [2.24, 2.45) is 0 Å². The minimum absolute atomic E-state index is 0.579. The zero-order valence-electron chi connectivity index (χ0n) is 9.83. The summed E-state index contributed by atoms with van der Waals surface area (Å²) in [7, 11) is 0. The van der Waals surface area contributed by atoms with Crippen molar-refractivity contribution in [2.75, 3.05) is 18.0 Å². The highest BCUT2D eigenvalue weighted by molar-refractivity contribution is 5.48. The smallest absolute Gasteiger partial charge is 0.0367 e. The summed E-state index contributed by atoms with van der Waals surface area (Å²) in [5.41, 5.74) is 2.68. The van der Waals surface area contributed by atoms with Gasteiger partial charge < -0.3 is 10.2 Å². The monoisotopic (exact) mass is 204 g/mol. The Bertz CT molecular complexity index is 308. The van der Waals surface area contributed by atoms with Gasteiger partial charge in [0.05, 0.1) is 0 Å². The number of aryl methyl sites for hydroxylation is 1. The standard InChI is InChI=1S/C13H20N2/c1-10-4-6-13(7-5-10)15-8-11(2)14-12(3)9-15/h4-7,11-12,14H,8-9H2,1-3H3/t11-,12+. The van der Waals surface area contributed by atoms with Crippen LogP contribution in [0.4, 0.5) is 5.69 Å². The van der Waals surface area contributed by atoms with Crippen LogP contribution in [-0.2, 0) is 0 Å². The van der Waals surface area contributed by atoms with E-state index in [4.69, 9.17) is 0 Å². The molecule has 2 rings (SSSR count). The fourth-order valence-electron chi connectivity index (χ4n) is 2.29. The Morgan fingerprint density at radius 3 is 2.13 bits per heavy atom. The van der Waals surface area contributed by atoms with Crippen LogP contribution in [0.2, 0.25) is 0 Å². The number of nitrogens with zero attached hydrogens (tertiary/aromatic N) is 1. The predicted octanol–water partition coefficient (Wildman–Crippen LogP) is 2.18. The average Bonchev–Trinajstić information content (AvgIpc) is 2.17. The van der Waals surface area contributed by atoms with Crippen molar-refractivity contribution in [3.05, 3.63) is 29.8 Å². The minimum Gasteiger partial charge on any atom is -0.368 e. The summed E-state index contributed by atoms with van der Waals surface area (Å²) in [5, 5.41) is 3.55. The lowest BCUT2D eigenvalue weighted by molar-refractivity contribution is 0.407. The van der Waals surface area contributed by atoms with Gasteiger partial charge >= 0.3 is 0 Å². The first-order chi connectivity index (χ1) is 7.15. The molecule has 2 nitrogen and oxygen atoms in total. The number of hydrogen-bond donors (Lipinski definition) is 1. The zero-order valence-corrected chi connectivity index (χ0v) is 9.83. The highest BCUT2D eigenvalue weighted by Crippen LogP contribution is 2.18. The molecule has 0 radical (unpaired) electrons. The second-order valence-electron chi connectivity index (χ2n) is 4.71. The Morgan fingerprint density at radius 2 is 1.60 bits per heavy atom. The Balaban J connectivity index is 2.12. The van der Waals surface area contributed by atoms with E-state index in [2.05, 4.69) is 55.3 Å². The third kappa shape index (κ3) is 2.51. The van der Waals surface area contributed by atoms with E-state index in [1.807, 2.05) is 0 Å². The molecule has 1 N–H and O–H groups in total. The maximum Gasteiger partial charge on any atom is 0.0367 e. The molecule has 1 aliphatic heterocycles. The van der Waals surface area contributed by atoms with Crippen molar-refractivity contribution < 1.29 is 0 Å². The average molecular weight is 204 g/mol. The van der Waals surface area contributed by atoms with Crippen molar-refractivity contribution in [3.8, 4) is 0 Å². The topological polar surface area (TPSA) is 15.3 Å². The van der Waals surface area contributed by atoms with E-state index in [1.165, 1.54) is 11.3 Å². The van der Waals surface area contributed by atoms with Crippen LogP contribution in [0.15, 0.2) is 24.3 Å². The second-order valence-corrected chi connectivity index (χ2v) is 4.71. The molecule has 82 valence electrons. The van der Waals surface area contributed by atoms with E-state index in [0.717, 1.165) is 13.1 Å². The van der Waals surface area contributed by atoms with Gasteiger partial charge in [0, 0.05) is 30.9 Å². The van der Waals surface area contributed by atoms with E-state index in [-0.39, 0.29) is 0 Å². The fraction of sp³-hybridized carbons (Fsp3) is 0.538. The van der Waals surface area contributed by atoms with Crippen LogP contribution in [0.3, 0.4) is 0 Å². The van der Waals surface area contributed by atoms with Crippen LogP contribution in [0.1, 0.15) is 19.4 Å². The van der Waals surface area contributed by atoms with Crippen molar-refractivity contribution in [1.29, 1.82) is 0 Å². The molecule has 2 heteroatoms. The SMILES string of the molecule is Cc1ccc(N2C[C@@H](C)N[C@@H](C)C2)cc1. The minimum atomic E-state index is 0.579. The summed E-state index contributed by atoms with van der Waals surface area (Å²) in [4.78, 5) is 2.46. The van der Waals surface area contributed by atoms with Gasteiger partial charge in [0.2, 0.25) is 0 Å². The van der Waals surface area contributed by atoms with Crippen LogP contribution in [0.25, 0.3) is 0 Å². The number of benzene rings is 1. The largest absolute Gasteiger partial charge is 0.368 e. The predicted molar refractivity (Wildman–Crippen MR) is 65.5 cm³/mol. The molecule has 1 aliphatic rings. The van der Waals surface area contributed by atoms with Crippen LogP contribution in [0.5, 0.6) is 0 Å². The van der Waals surface area contributed by atoms with E-state index in [1.54, 1.807) is 0 Å². The molecule has 0 saturated carbocycles. The molecule has 0 aliphatic carbocycles. The van der Waals surface area contributed by atoms with Gasteiger partial charge in [-0.25, -0.2) is 0 Å². The third-order valence-corrected chi connectivity index (χ3v) is 2.96. The summed E-state index contributed by atoms with van der Waals surface area (Å²) in [5.74, 6) is 0. The number of piperazine rings is 1. The first-order valence-electron chi connectivity index (χ1n) is 5.73. The molecule has 2 atom stereocenters. The zero-order chi connectivity index (χ0) is 10.8. The molecule has 1 fully saturated rings. The van der Waals surface area contributed by atoms with Crippen molar-refractivity contribution >= 4 is 5.69 Å². The van der Waals surface area contributed by atoms with Gasteiger partial charge in [-0.1, -0.05) is 17.7 Å². The van der Waals surface area contributed by atoms with Gasteiger partial charge in [-0.3, -0.25) is 0 Å². The van der Waals surface area contributed by atoms with E-state index >= 15 is 0 Å². The lowest BCUT2D eigenvalue weighted by Gasteiger charge is -2.37. The van der Waals surface area contributed by atoms with Gasteiger partial charge in [0.25, 0.3) is 0 Å². The van der Waals surface area contributed by atoms with Gasteiger partial charge in [0.1, 0.15) is 0 Å². The molecule has 0 spiro atoms. The molecule has 1 aromatic carbocycles. The molecule has 0 amide bonds. The number of hydrogen-bond acceptors (Lipinski definition) is 2. The van der Waals surface area contributed by atoms with Crippen molar-refractivity contribution in [3.63, 3.8) is 0 Å². The maximum atomic E-state index is 3.55. The quantitative estimate of drug-likeness (QED) is 0.754. The normalized spacial score (nSPS) is 26.7. The van der Waals surface area contributed by atoms with Crippen LogP contribution < -0.4 is 10.2 Å². The van der Waals surface area contributed by atoms with Crippen molar-refractivity contribution in [1.82, 2.24) is 5.32 Å². The second kappa shape index (κ2) is 4.23. The molecule has 15 heavy (non-hydrogen) atoms. The van der Waals surface area contributed by atoms with E-state index in [9.17, 15) is 0 Å². The maximum absolute atomic E-state index is 3.55. The molecular formula is C13H20N2. The highest BCUT2D eigenvalue weighted by atomic mass is 15.2. The van der Waals surface area contributed by atoms with Crippen molar-refractivity contribution in [2.45, 2.75) is 32.9 Å². The Hall–Kier alpha value is -1.02. The first-order valence-corrected chi connectivity index (χ1v) is 5.73. The Labute approximate surface area is 92.3 Å². The lowest BCUT2D eigenvalue weighted by atomic mass is 10.1. The molecule has 1 aromatic rings. The summed E-state index contributed by atoms with van der Waals surface area (Å²) in [6, 6.07) is 9.98. The van der Waals surface area contributed by atoms with Gasteiger partial charge in [-0.05, 0) is 32.9 Å². The fourth-order valence-corrected chi connectivity index (χ4v) is 2.29. The van der Waals surface area contributed by atoms with Gasteiger partial charge in [0.15, 0.2) is 0 Å².